The summed E-state index contributed by atoms with van der Waals surface area (Å²) in [7, 11) is 0. The van der Waals surface area contributed by atoms with Crippen LogP contribution in [0.15, 0.2) is 0 Å². The molecule has 0 aromatic heterocycles. The molecule has 1 heteroatoms. The first kappa shape index (κ1) is 8.55. The van der Waals surface area contributed by atoms with Crippen LogP contribution in [0.1, 0.15) is 46.5 Å². The fraction of sp³-hybridized carbons (Fsp3) is 1.00. The van der Waals surface area contributed by atoms with Gasteiger partial charge in [-0.1, -0.05) is 20.8 Å². The Morgan fingerprint density at radius 3 is 2.17 bits per heavy atom. The van der Waals surface area contributed by atoms with Gasteiger partial charge in [-0.25, -0.2) is 0 Å². The molecule has 0 bridgehead atoms. The zero-order chi connectivity index (χ0) is 8.77. The van der Waals surface area contributed by atoms with Gasteiger partial charge in [0.25, 0.3) is 0 Å². The van der Waals surface area contributed by atoms with Crippen molar-refractivity contribution in [1.82, 2.24) is 5.32 Å². The molecular weight excluding hydrogens is 146 g/mol. The van der Waals surface area contributed by atoms with E-state index in [1.54, 1.807) is 0 Å². The molecule has 1 N–H and O–H groups in total. The third kappa shape index (κ3) is 1.28. The molecule has 2 unspecified atom stereocenters. The van der Waals surface area contributed by atoms with E-state index in [0.717, 1.165) is 17.9 Å². The molecule has 0 radical (unpaired) electrons. The zero-order valence-electron chi connectivity index (χ0n) is 8.56. The molecule has 2 aliphatic rings. The summed E-state index contributed by atoms with van der Waals surface area (Å²) >= 11 is 0. The van der Waals surface area contributed by atoms with Crippen molar-refractivity contribution in [3.05, 3.63) is 0 Å². The van der Waals surface area contributed by atoms with Crippen molar-refractivity contribution < 1.29 is 0 Å². The first-order valence-electron chi connectivity index (χ1n) is 5.42. The zero-order valence-corrected chi connectivity index (χ0v) is 8.56. The van der Waals surface area contributed by atoms with Crippen LogP contribution in [0.3, 0.4) is 0 Å². The molecule has 0 heterocycles. The van der Waals surface area contributed by atoms with Gasteiger partial charge in [-0.2, -0.15) is 0 Å². The van der Waals surface area contributed by atoms with Crippen molar-refractivity contribution in [1.29, 1.82) is 0 Å². The Morgan fingerprint density at radius 2 is 1.92 bits per heavy atom. The minimum atomic E-state index is 0.555. The van der Waals surface area contributed by atoms with E-state index < -0.39 is 0 Å². The summed E-state index contributed by atoms with van der Waals surface area (Å²) < 4.78 is 0. The van der Waals surface area contributed by atoms with E-state index in [1.807, 2.05) is 0 Å². The van der Waals surface area contributed by atoms with E-state index in [1.165, 1.54) is 25.7 Å². The van der Waals surface area contributed by atoms with Crippen LogP contribution in [0.25, 0.3) is 0 Å². The fourth-order valence-corrected chi connectivity index (χ4v) is 2.27. The van der Waals surface area contributed by atoms with Crippen molar-refractivity contribution in [3.8, 4) is 0 Å². The Morgan fingerprint density at radius 1 is 1.25 bits per heavy atom. The summed E-state index contributed by atoms with van der Waals surface area (Å²) in [5.41, 5.74) is 0.555. The van der Waals surface area contributed by atoms with Gasteiger partial charge in [0.05, 0.1) is 0 Å². The van der Waals surface area contributed by atoms with Crippen molar-refractivity contribution in [2.75, 3.05) is 0 Å². The molecule has 2 rings (SSSR count). The van der Waals surface area contributed by atoms with Crippen molar-refractivity contribution in [3.63, 3.8) is 0 Å². The lowest BCUT2D eigenvalue weighted by Crippen LogP contribution is -2.50. The molecule has 0 spiro atoms. The van der Waals surface area contributed by atoms with Gasteiger partial charge in [-0.05, 0) is 37.5 Å². The summed E-state index contributed by atoms with van der Waals surface area (Å²) in [6, 6.07) is 0.842. The second-order valence-electron chi connectivity index (χ2n) is 5.12. The minimum Gasteiger partial charge on any atom is -0.308 e. The van der Waals surface area contributed by atoms with Crippen molar-refractivity contribution in [2.24, 2.45) is 11.8 Å². The van der Waals surface area contributed by atoms with E-state index in [0.29, 0.717) is 5.54 Å². The molecule has 1 nitrogen and oxygen atoms in total. The maximum atomic E-state index is 3.85. The maximum Gasteiger partial charge on any atom is 0.0208 e. The molecule has 0 aromatic carbocycles. The van der Waals surface area contributed by atoms with Crippen LogP contribution in [0.4, 0.5) is 0 Å². The normalized spacial score (nSPS) is 38.0. The summed E-state index contributed by atoms with van der Waals surface area (Å²) in [6.45, 7) is 7.07. The van der Waals surface area contributed by atoms with Crippen LogP contribution < -0.4 is 5.32 Å². The fourth-order valence-electron chi connectivity index (χ4n) is 2.27. The smallest absolute Gasteiger partial charge is 0.0208 e. The summed E-state index contributed by atoms with van der Waals surface area (Å²) in [6.07, 6.45) is 5.67. The van der Waals surface area contributed by atoms with Gasteiger partial charge in [0.2, 0.25) is 0 Å². The van der Waals surface area contributed by atoms with Crippen LogP contribution in [0, 0.1) is 11.8 Å². The number of rotatable bonds is 3. The molecule has 2 aliphatic carbocycles. The Bertz CT molecular complexity index is 170. The van der Waals surface area contributed by atoms with Crippen LogP contribution in [0.2, 0.25) is 0 Å². The second kappa shape index (κ2) is 2.73. The Hall–Kier alpha value is -0.0400. The molecule has 2 saturated carbocycles. The number of hydrogen-bond acceptors (Lipinski definition) is 1. The monoisotopic (exact) mass is 167 g/mol. The van der Waals surface area contributed by atoms with Gasteiger partial charge in [0, 0.05) is 11.6 Å². The molecule has 0 aromatic rings. The average Bonchev–Trinajstić information content (AvgIpc) is 2.78. The highest BCUT2D eigenvalue weighted by Crippen LogP contribution is 2.44. The molecule has 0 amide bonds. The first-order chi connectivity index (χ1) is 5.64. The standard InChI is InChI=1S/C11H21N/c1-8(2)11(6-7-11)12-10-5-4-9(10)3/h8-10,12H,4-7H2,1-3H3. The van der Waals surface area contributed by atoms with Crippen molar-refractivity contribution in [2.45, 2.75) is 58.0 Å². The first-order valence-corrected chi connectivity index (χ1v) is 5.42. The lowest BCUT2D eigenvalue weighted by Gasteiger charge is -2.39. The van der Waals surface area contributed by atoms with Gasteiger partial charge in [0.15, 0.2) is 0 Å². The van der Waals surface area contributed by atoms with E-state index in [2.05, 4.69) is 26.1 Å². The van der Waals surface area contributed by atoms with E-state index >= 15 is 0 Å². The Balaban J connectivity index is 1.86. The van der Waals surface area contributed by atoms with Gasteiger partial charge in [0.1, 0.15) is 0 Å². The maximum absolute atomic E-state index is 3.85. The third-order valence-corrected chi connectivity index (χ3v) is 3.99. The van der Waals surface area contributed by atoms with Gasteiger partial charge >= 0.3 is 0 Å². The third-order valence-electron chi connectivity index (χ3n) is 3.99. The molecule has 2 fully saturated rings. The quantitative estimate of drug-likeness (QED) is 0.681. The molecular formula is C11H21N. The van der Waals surface area contributed by atoms with Crippen LogP contribution in [-0.4, -0.2) is 11.6 Å². The predicted octanol–water partition coefficient (Wildman–Crippen LogP) is 2.56. The van der Waals surface area contributed by atoms with Gasteiger partial charge in [-0.15, -0.1) is 0 Å². The molecule has 0 saturated heterocycles. The molecule has 2 atom stereocenters. The highest BCUT2D eigenvalue weighted by Gasteiger charge is 2.47. The molecule has 70 valence electrons. The van der Waals surface area contributed by atoms with Gasteiger partial charge in [-0.3, -0.25) is 0 Å². The number of hydrogen-bond donors (Lipinski definition) is 1. The van der Waals surface area contributed by atoms with Crippen LogP contribution in [0.5, 0.6) is 0 Å². The summed E-state index contributed by atoms with van der Waals surface area (Å²) in [5.74, 6) is 1.76. The SMILES string of the molecule is CC1CCC1NC1(C(C)C)CC1. The summed E-state index contributed by atoms with van der Waals surface area (Å²) in [5, 5.41) is 3.85. The lowest BCUT2D eigenvalue weighted by atomic mass is 9.80. The van der Waals surface area contributed by atoms with E-state index in [-0.39, 0.29) is 0 Å². The largest absolute Gasteiger partial charge is 0.308 e. The topological polar surface area (TPSA) is 12.0 Å². The van der Waals surface area contributed by atoms with Crippen molar-refractivity contribution >= 4 is 0 Å². The number of nitrogens with one attached hydrogen (secondary N) is 1. The van der Waals surface area contributed by atoms with E-state index in [4.69, 9.17) is 0 Å². The Labute approximate surface area is 75.9 Å². The molecule has 0 aliphatic heterocycles. The van der Waals surface area contributed by atoms with E-state index in [9.17, 15) is 0 Å². The predicted molar refractivity (Wildman–Crippen MR) is 52.1 cm³/mol. The highest BCUT2D eigenvalue weighted by atomic mass is 15.1. The average molecular weight is 167 g/mol. The summed E-state index contributed by atoms with van der Waals surface area (Å²) in [4.78, 5) is 0. The van der Waals surface area contributed by atoms with Gasteiger partial charge < -0.3 is 5.32 Å². The van der Waals surface area contributed by atoms with Crippen LogP contribution in [-0.2, 0) is 0 Å². The lowest BCUT2D eigenvalue weighted by molar-refractivity contribution is 0.184. The Kier molecular flexibility index (Phi) is 1.95. The second-order valence-corrected chi connectivity index (χ2v) is 5.12. The molecule has 12 heavy (non-hydrogen) atoms. The minimum absolute atomic E-state index is 0.555. The van der Waals surface area contributed by atoms with Crippen LogP contribution >= 0.6 is 0 Å². The highest BCUT2D eigenvalue weighted by molar-refractivity contribution is 5.07.